The second-order valence-corrected chi connectivity index (χ2v) is 7.62. The van der Waals surface area contributed by atoms with Crippen LogP contribution in [0.1, 0.15) is 11.3 Å². The highest BCUT2D eigenvalue weighted by Gasteiger charge is 2.19. The van der Waals surface area contributed by atoms with Gasteiger partial charge in [0.1, 0.15) is 17.3 Å². The van der Waals surface area contributed by atoms with Crippen molar-refractivity contribution in [3.8, 4) is 11.3 Å². The summed E-state index contributed by atoms with van der Waals surface area (Å²) >= 11 is 0. The lowest BCUT2D eigenvalue weighted by atomic mass is 10.1. The quantitative estimate of drug-likeness (QED) is 0.411. The molecule has 2 aromatic carbocycles. The van der Waals surface area contributed by atoms with Gasteiger partial charge in [0.15, 0.2) is 0 Å². The zero-order valence-electron chi connectivity index (χ0n) is 17.5. The van der Waals surface area contributed by atoms with Gasteiger partial charge in [-0.25, -0.2) is 18.7 Å². The van der Waals surface area contributed by atoms with Crippen molar-refractivity contribution in [2.75, 3.05) is 4.90 Å². The molecule has 5 aromatic rings. The second kappa shape index (κ2) is 8.66. The molecular weight excluding hydrogens is 424 g/mol. The van der Waals surface area contributed by atoms with Gasteiger partial charge in [0, 0.05) is 24.1 Å². The number of nitrogens with one attached hydrogen (secondary N) is 1. The fourth-order valence-corrected chi connectivity index (χ4v) is 3.81. The van der Waals surface area contributed by atoms with E-state index in [9.17, 15) is 13.6 Å². The maximum Gasteiger partial charge on any atom is 0.233 e. The van der Waals surface area contributed by atoms with E-state index in [1.165, 1.54) is 17.0 Å². The molecule has 0 aliphatic heterocycles. The smallest absolute Gasteiger partial charge is 0.233 e. The Labute approximate surface area is 188 Å². The minimum absolute atomic E-state index is 0.0215. The van der Waals surface area contributed by atoms with E-state index in [1.54, 1.807) is 30.9 Å². The van der Waals surface area contributed by atoms with Gasteiger partial charge in [-0.15, -0.1) is 0 Å². The SMILES string of the molecule is O=C(Cc1cnc2ccccn12)N(Cc1cc(F)cc(F)c1)c1ccc(-c2cnc[nH]2)cc1. The molecule has 0 saturated carbocycles. The number of fused-ring (bicyclic) bond motifs is 1. The van der Waals surface area contributed by atoms with Crippen molar-refractivity contribution >= 4 is 17.2 Å². The number of halogens is 2. The maximum atomic E-state index is 13.8. The van der Waals surface area contributed by atoms with Crippen LogP contribution in [0.2, 0.25) is 0 Å². The van der Waals surface area contributed by atoms with Gasteiger partial charge in [-0.3, -0.25) is 4.79 Å². The van der Waals surface area contributed by atoms with Gasteiger partial charge in [-0.1, -0.05) is 18.2 Å². The first-order chi connectivity index (χ1) is 16.1. The number of hydrogen-bond donors (Lipinski definition) is 1. The Morgan fingerprint density at radius 2 is 1.79 bits per heavy atom. The lowest BCUT2D eigenvalue weighted by Crippen LogP contribution is -2.32. The van der Waals surface area contributed by atoms with E-state index >= 15 is 0 Å². The summed E-state index contributed by atoms with van der Waals surface area (Å²) in [5.74, 6) is -1.60. The molecule has 0 saturated heterocycles. The standard InChI is InChI=1S/C25H19F2N5O/c26-19-9-17(10-20(27)11-19)15-32(21-6-4-18(5-7-21)23-14-28-16-30-23)25(33)12-22-13-29-24-3-1-2-8-31(22)24/h1-11,13-14,16H,12,15H2,(H,28,30). The average molecular weight is 443 g/mol. The number of imidazole rings is 2. The van der Waals surface area contributed by atoms with E-state index in [-0.39, 0.29) is 18.9 Å². The Balaban J connectivity index is 1.48. The molecule has 5 rings (SSSR count). The van der Waals surface area contributed by atoms with Gasteiger partial charge in [-0.2, -0.15) is 0 Å². The Kier molecular flexibility index (Phi) is 5.40. The molecule has 0 bridgehead atoms. The lowest BCUT2D eigenvalue weighted by molar-refractivity contribution is -0.118. The summed E-state index contributed by atoms with van der Waals surface area (Å²) in [5, 5.41) is 0. The van der Waals surface area contributed by atoms with Crippen molar-refractivity contribution in [3.05, 3.63) is 108 Å². The molecule has 8 heteroatoms. The van der Waals surface area contributed by atoms with Gasteiger partial charge in [0.25, 0.3) is 0 Å². The van der Waals surface area contributed by atoms with E-state index in [4.69, 9.17) is 0 Å². The molecule has 0 unspecified atom stereocenters. The van der Waals surface area contributed by atoms with Gasteiger partial charge in [-0.05, 0) is 47.5 Å². The monoisotopic (exact) mass is 443 g/mol. The predicted octanol–water partition coefficient (Wildman–Crippen LogP) is 4.78. The third-order valence-electron chi connectivity index (χ3n) is 5.38. The van der Waals surface area contributed by atoms with Crippen LogP contribution in [0.25, 0.3) is 16.9 Å². The van der Waals surface area contributed by atoms with Gasteiger partial charge < -0.3 is 14.3 Å². The molecule has 0 radical (unpaired) electrons. The van der Waals surface area contributed by atoms with Gasteiger partial charge in [0.2, 0.25) is 5.91 Å². The van der Waals surface area contributed by atoms with Crippen LogP contribution < -0.4 is 4.90 Å². The highest BCUT2D eigenvalue weighted by molar-refractivity contribution is 5.94. The molecule has 6 nitrogen and oxygen atoms in total. The number of rotatable bonds is 6. The van der Waals surface area contributed by atoms with Crippen LogP contribution in [-0.2, 0) is 17.8 Å². The molecule has 1 N–H and O–H groups in total. The van der Waals surface area contributed by atoms with E-state index < -0.39 is 11.6 Å². The summed E-state index contributed by atoms with van der Waals surface area (Å²) in [7, 11) is 0. The van der Waals surface area contributed by atoms with Crippen LogP contribution in [0.3, 0.4) is 0 Å². The number of amides is 1. The van der Waals surface area contributed by atoms with E-state index in [1.807, 2.05) is 40.9 Å². The number of aromatic amines is 1. The molecular formula is C25H19F2N5O. The maximum absolute atomic E-state index is 13.8. The molecule has 164 valence electrons. The minimum atomic E-state index is -0.686. The van der Waals surface area contributed by atoms with Crippen molar-refractivity contribution < 1.29 is 13.6 Å². The fourth-order valence-electron chi connectivity index (χ4n) is 3.81. The highest BCUT2D eigenvalue weighted by atomic mass is 19.1. The van der Waals surface area contributed by atoms with Crippen molar-refractivity contribution in [3.63, 3.8) is 0 Å². The number of hydrogen-bond acceptors (Lipinski definition) is 3. The summed E-state index contributed by atoms with van der Waals surface area (Å²) in [5.41, 5.74) is 4.18. The molecule has 33 heavy (non-hydrogen) atoms. The van der Waals surface area contributed by atoms with Crippen LogP contribution >= 0.6 is 0 Å². The third-order valence-corrected chi connectivity index (χ3v) is 5.38. The van der Waals surface area contributed by atoms with Gasteiger partial charge in [0.05, 0.1) is 36.9 Å². The molecule has 1 amide bonds. The average Bonchev–Trinajstić information content (AvgIpc) is 3.48. The third kappa shape index (κ3) is 4.36. The van der Waals surface area contributed by atoms with Crippen molar-refractivity contribution in [1.82, 2.24) is 19.4 Å². The number of aromatic nitrogens is 4. The van der Waals surface area contributed by atoms with E-state index in [0.29, 0.717) is 11.3 Å². The van der Waals surface area contributed by atoms with Crippen LogP contribution in [0, 0.1) is 11.6 Å². The first kappa shape index (κ1) is 20.6. The molecule has 3 aromatic heterocycles. The number of anilines is 1. The largest absolute Gasteiger partial charge is 0.345 e. The summed E-state index contributed by atoms with van der Waals surface area (Å²) in [6.07, 6.45) is 6.88. The van der Waals surface area contributed by atoms with Crippen LogP contribution in [0.15, 0.2) is 85.6 Å². The number of carbonyl (C=O) groups excluding carboxylic acids is 1. The predicted molar refractivity (Wildman–Crippen MR) is 120 cm³/mol. The number of benzene rings is 2. The molecule has 3 heterocycles. The summed E-state index contributed by atoms with van der Waals surface area (Å²) in [6.45, 7) is 0.0215. The number of pyridine rings is 1. The number of nitrogens with zero attached hydrogens (tertiary/aromatic N) is 4. The zero-order valence-corrected chi connectivity index (χ0v) is 17.5. The Morgan fingerprint density at radius 1 is 1.00 bits per heavy atom. The number of carbonyl (C=O) groups is 1. The van der Waals surface area contributed by atoms with Crippen molar-refractivity contribution in [1.29, 1.82) is 0 Å². The zero-order chi connectivity index (χ0) is 22.8. The second-order valence-electron chi connectivity index (χ2n) is 7.62. The van der Waals surface area contributed by atoms with Crippen molar-refractivity contribution in [2.24, 2.45) is 0 Å². The Hall–Kier alpha value is -4.33. The van der Waals surface area contributed by atoms with Crippen molar-refractivity contribution in [2.45, 2.75) is 13.0 Å². The topological polar surface area (TPSA) is 66.3 Å². The summed E-state index contributed by atoms with van der Waals surface area (Å²) in [4.78, 5) is 26.3. The first-order valence-electron chi connectivity index (χ1n) is 10.3. The fraction of sp³-hybridized carbons (Fsp3) is 0.0800. The lowest BCUT2D eigenvalue weighted by Gasteiger charge is -2.23. The van der Waals surface area contributed by atoms with Crippen LogP contribution in [0.5, 0.6) is 0 Å². The molecule has 0 fully saturated rings. The molecule has 0 spiro atoms. The molecule has 0 atom stereocenters. The highest BCUT2D eigenvalue weighted by Crippen LogP contribution is 2.24. The minimum Gasteiger partial charge on any atom is -0.345 e. The Morgan fingerprint density at radius 3 is 2.52 bits per heavy atom. The molecule has 0 aliphatic carbocycles. The van der Waals surface area contributed by atoms with Gasteiger partial charge >= 0.3 is 0 Å². The summed E-state index contributed by atoms with van der Waals surface area (Å²) in [6, 6.07) is 16.2. The van der Waals surface area contributed by atoms with Crippen LogP contribution in [0.4, 0.5) is 14.5 Å². The van der Waals surface area contributed by atoms with Crippen LogP contribution in [-0.4, -0.2) is 25.3 Å². The molecule has 0 aliphatic rings. The van der Waals surface area contributed by atoms with E-state index in [0.717, 1.165) is 28.7 Å². The first-order valence-corrected chi connectivity index (χ1v) is 10.3. The van der Waals surface area contributed by atoms with E-state index in [2.05, 4.69) is 15.0 Å². The number of H-pyrrole nitrogens is 1. The summed E-state index contributed by atoms with van der Waals surface area (Å²) < 4.78 is 29.5. The normalized spacial score (nSPS) is 11.1. The Bertz CT molecular complexity index is 1390.